The van der Waals surface area contributed by atoms with E-state index in [4.69, 9.17) is 4.74 Å². The van der Waals surface area contributed by atoms with E-state index in [-0.39, 0.29) is 18.0 Å². The second kappa shape index (κ2) is 4.92. The molecule has 0 N–H and O–H groups in total. The highest BCUT2D eigenvalue weighted by Crippen LogP contribution is 2.45. The number of rotatable bonds is 1. The molecule has 5 heteroatoms. The molecular weight excluding hydrogens is 304 g/mol. The third kappa shape index (κ3) is 1.73. The number of hydrogen-bond donors (Lipinski definition) is 0. The third-order valence-electron chi connectivity index (χ3n) is 5.12. The smallest absolute Gasteiger partial charge is 0.340 e. The number of carbonyl (C=O) groups is 2. The number of fused-ring (bicyclic) bond motifs is 4. The molecule has 3 aliphatic rings. The third-order valence-corrected chi connectivity index (χ3v) is 5.12. The van der Waals surface area contributed by atoms with Crippen LogP contribution in [0.5, 0.6) is 0 Å². The van der Waals surface area contributed by atoms with E-state index in [1.54, 1.807) is 6.07 Å². The molecular formula is C19H16N2O3. The molecule has 2 atom stereocenters. The molecule has 2 unspecified atom stereocenters. The van der Waals surface area contributed by atoms with E-state index >= 15 is 0 Å². The van der Waals surface area contributed by atoms with E-state index < -0.39 is 6.23 Å². The van der Waals surface area contributed by atoms with Gasteiger partial charge in [0.25, 0.3) is 5.91 Å². The Kier molecular flexibility index (Phi) is 2.82. The molecule has 3 aliphatic heterocycles. The Hall–Kier alpha value is -2.66. The minimum Gasteiger partial charge on any atom is -0.438 e. The van der Waals surface area contributed by atoms with Gasteiger partial charge in [0.1, 0.15) is 6.17 Å². The first kappa shape index (κ1) is 13.7. The standard InChI is InChI=1S/C19H16N2O3/c22-17-13-7-2-1-6-12(13)16-20(17)10-5-11-21(16)18-14-8-3-4-9-15(14)19(23)24-18/h1-4,6-9,16,18H,5,10-11H2. The molecule has 0 radical (unpaired) electrons. The Labute approximate surface area is 139 Å². The lowest BCUT2D eigenvalue weighted by Crippen LogP contribution is -2.47. The van der Waals surface area contributed by atoms with E-state index in [1.807, 2.05) is 47.4 Å². The average Bonchev–Trinajstić information content (AvgIpc) is 3.12. The van der Waals surface area contributed by atoms with E-state index in [9.17, 15) is 9.59 Å². The van der Waals surface area contributed by atoms with Crippen LogP contribution in [0.15, 0.2) is 48.5 Å². The van der Waals surface area contributed by atoms with Gasteiger partial charge in [0, 0.05) is 29.8 Å². The van der Waals surface area contributed by atoms with Crippen LogP contribution in [0, 0.1) is 0 Å². The average molecular weight is 320 g/mol. The van der Waals surface area contributed by atoms with Crippen LogP contribution in [0.1, 0.15) is 50.7 Å². The van der Waals surface area contributed by atoms with Crippen molar-refractivity contribution in [3.05, 3.63) is 70.8 Å². The molecule has 0 spiro atoms. The maximum atomic E-state index is 12.7. The minimum absolute atomic E-state index is 0.0675. The Bertz CT molecular complexity index is 863. The van der Waals surface area contributed by atoms with Crippen LogP contribution in [0.2, 0.25) is 0 Å². The maximum Gasteiger partial charge on any atom is 0.340 e. The second-order valence-corrected chi connectivity index (χ2v) is 6.40. The van der Waals surface area contributed by atoms with Crippen molar-refractivity contribution >= 4 is 11.9 Å². The highest BCUT2D eigenvalue weighted by atomic mass is 16.6. The Morgan fingerprint density at radius 3 is 2.42 bits per heavy atom. The van der Waals surface area contributed by atoms with Crippen LogP contribution in [-0.2, 0) is 4.74 Å². The van der Waals surface area contributed by atoms with Gasteiger partial charge >= 0.3 is 5.97 Å². The van der Waals surface area contributed by atoms with E-state index in [0.29, 0.717) is 5.56 Å². The highest BCUT2D eigenvalue weighted by molar-refractivity contribution is 5.99. The van der Waals surface area contributed by atoms with Crippen molar-refractivity contribution in [1.29, 1.82) is 0 Å². The molecule has 0 aliphatic carbocycles. The number of hydrogen-bond acceptors (Lipinski definition) is 4. The molecule has 24 heavy (non-hydrogen) atoms. The number of nitrogens with zero attached hydrogens (tertiary/aromatic N) is 2. The van der Waals surface area contributed by atoms with Crippen molar-refractivity contribution in [2.75, 3.05) is 13.1 Å². The summed E-state index contributed by atoms with van der Waals surface area (Å²) in [6.07, 6.45) is 0.277. The quantitative estimate of drug-likeness (QED) is 0.758. The molecule has 3 heterocycles. The van der Waals surface area contributed by atoms with Crippen LogP contribution in [-0.4, -0.2) is 34.8 Å². The van der Waals surface area contributed by atoms with Crippen molar-refractivity contribution in [1.82, 2.24) is 9.80 Å². The van der Waals surface area contributed by atoms with E-state index in [0.717, 1.165) is 36.2 Å². The fourth-order valence-corrected chi connectivity index (χ4v) is 4.10. The van der Waals surface area contributed by atoms with Crippen molar-refractivity contribution < 1.29 is 14.3 Å². The molecule has 5 nitrogen and oxygen atoms in total. The molecule has 5 rings (SSSR count). The topological polar surface area (TPSA) is 49.9 Å². The normalized spacial score (nSPS) is 25.2. The summed E-state index contributed by atoms with van der Waals surface area (Å²) in [6, 6.07) is 15.2. The lowest BCUT2D eigenvalue weighted by atomic mass is 10.0. The summed E-state index contributed by atoms with van der Waals surface area (Å²) in [5.74, 6) is -0.219. The predicted molar refractivity (Wildman–Crippen MR) is 86.1 cm³/mol. The van der Waals surface area contributed by atoms with Gasteiger partial charge in [-0.3, -0.25) is 4.79 Å². The highest BCUT2D eigenvalue weighted by Gasteiger charge is 2.47. The van der Waals surface area contributed by atoms with Crippen molar-refractivity contribution in [2.45, 2.75) is 18.8 Å². The molecule has 2 aromatic rings. The van der Waals surface area contributed by atoms with Gasteiger partial charge in [0.2, 0.25) is 0 Å². The zero-order valence-corrected chi connectivity index (χ0v) is 13.0. The lowest BCUT2D eigenvalue weighted by Gasteiger charge is -2.42. The summed E-state index contributed by atoms with van der Waals surface area (Å²) in [6.45, 7) is 1.52. The SMILES string of the molecule is O=C1OC(N2CCCN3C(=O)c4ccccc4C32)c2ccccc21. The first-order valence-corrected chi connectivity index (χ1v) is 8.21. The molecule has 0 aromatic heterocycles. The molecule has 120 valence electrons. The number of esters is 1. The van der Waals surface area contributed by atoms with Gasteiger partial charge in [-0.25, -0.2) is 9.69 Å². The first-order valence-electron chi connectivity index (χ1n) is 8.21. The Balaban J connectivity index is 1.60. The summed E-state index contributed by atoms with van der Waals surface area (Å²) in [4.78, 5) is 28.9. The number of ether oxygens (including phenoxy) is 1. The molecule has 1 saturated heterocycles. The molecule has 0 bridgehead atoms. The summed E-state index contributed by atoms with van der Waals surface area (Å²) >= 11 is 0. The van der Waals surface area contributed by atoms with Crippen LogP contribution >= 0.6 is 0 Å². The maximum absolute atomic E-state index is 12.7. The van der Waals surface area contributed by atoms with Crippen LogP contribution in [0.3, 0.4) is 0 Å². The molecule has 0 saturated carbocycles. The number of amides is 1. The molecule has 1 fully saturated rings. The van der Waals surface area contributed by atoms with Crippen LogP contribution in [0.4, 0.5) is 0 Å². The summed E-state index contributed by atoms with van der Waals surface area (Å²) in [5.41, 5.74) is 3.27. The van der Waals surface area contributed by atoms with Crippen LogP contribution in [0.25, 0.3) is 0 Å². The van der Waals surface area contributed by atoms with Crippen LogP contribution < -0.4 is 0 Å². The second-order valence-electron chi connectivity index (χ2n) is 6.40. The first-order chi connectivity index (χ1) is 11.8. The largest absolute Gasteiger partial charge is 0.438 e. The fraction of sp³-hybridized carbons (Fsp3) is 0.263. The Morgan fingerprint density at radius 2 is 1.58 bits per heavy atom. The van der Waals surface area contributed by atoms with Gasteiger partial charge < -0.3 is 9.64 Å². The van der Waals surface area contributed by atoms with Crippen molar-refractivity contribution in [2.24, 2.45) is 0 Å². The summed E-state index contributed by atoms with van der Waals surface area (Å²) < 4.78 is 5.68. The zero-order valence-electron chi connectivity index (χ0n) is 13.0. The van der Waals surface area contributed by atoms with E-state index in [1.165, 1.54) is 0 Å². The summed E-state index contributed by atoms with van der Waals surface area (Å²) in [5, 5.41) is 0. The predicted octanol–water partition coefficient (Wildman–Crippen LogP) is 2.72. The fourth-order valence-electron chi connectivity index (χ4n) is 4.10. The van der Waals surface area contributed by atoms with Crippen molar-refractivity contribution in [3.63, 3.8) is 0 Å². The monoisotopic (exact) mass is 320 g/mol. The van der Waals surface area contributed by atoms with Gasteiger partial charge in [-0.15, -0.1) is 0 Å². The van der Waals surface area contributed by atoms with E-state index in [2.05, 4.69) is 4.90 Å². The lowest BCUT2D eigenvalue weighted by molar-refractivity contribution is -0.0891. The van der Waals surface area contributed by atoms with Gasteiger partial charge in [-0.05, 0) is 18.6 Å². The van der Waals surface area contributed by atoms with Gasteiger partial charge in [0.15, 0.2) is 6.23 Å². The van der Waals surface area contributed by atoms with Crippen molar-refractivity contribution in [3.8, 4) is 0 Å². The van der Waals surface area contributed by atoms with Gasteiger partial charge in [0.05, 0.1) is 5.56 Å². The zero-order chi connectivity index (χ0) is 16.3. The minimum atomic E-state index is -0.430. The van der Waals surface area contributed by atoms with Gasteiger partial charge in [-0.1, -0.05) is 36.4 Å². The number of cyclic esters (lactones) is 1. The van der Waals surface area contributed by atoms with Gasteiger partial charge in [-0.2, -0.15) is 0 Å². The summed E-state index contributed by atoms with van der Waals surface area (Å²) in [7, 11) is 0. The molecule has 1 amide bonds. The number of carbonyl (C=O) groups excluding carboxylic acids is 2. The number of benzene rings is 2. The molecule has 2 aromatic carbocycles. The Morgan fingerprint density at radius 1 is 0.875 bits per heavy atom.